The van der Waals surface area contributed by atoms with Crippen molar-refractivity contribution in [2.45, 2.75) is 6.92 Å². The molecule has 0 amide bonds. The highest BCUT2D eigenvalue weighted by Gasteiger charge is 2.19. The Morgan fingerprint density at radius 3 is 2.60 bits per heavy atom. The van der Waals surface area contributed by atoms with E-state index in [0.717, 1.165) is 12.1 Å². The van der Waals surface area contributed by atoms with Crippen LogP contribution in [0.15, 0.2) is 12.1 Å². The molecule has 1 aromatic carbocycles. The van der Waals surface area contributed by atoms with Gasteiger partial charge in [0, 0.05) is 28.7 Å². The Kier molecular flexibility index (Phi) is 5.55. The lowest BCUT2D eigenvalue weighted by molar-refractivity contribution is -0.387. The summed E-state index contributed by atoms with van der Waals surface area (Å²) in [6.07, 6.45) is 0. The van der Waals surface area contributed by atoms with Gasteiger partial charge in [-0.3, -0.25) is 10.1 Å². The van der Waals surface area contributed by atoms with Crippen molar-refractivity contribution in [3.8, 4) is 5.75 Å². The highest BCUT2D eigenvalue weighted by Crippen LogP contribution is 2.31. The topological polar surface area (TPSA) is 86.5 Å². The lowest BCUT2D eigenvalue weighted by Crippen LogP contribution is -2.16. The van der Waals surface area contributed by atoms with Crippen LogP contribution >= 0.6 is 22.3 Å². The summed E-state index contributed by atoms with van der Waals surface area (Å²) in [4.78, 5) is 9.58. The summed E-state index contributed by atoms with van der Waals surface area (Å²) in [7, 11) is 1.41. The summed E-state index contributed by atoms with van der Waals surface area (Å²) in [5.41, 5.74) is -0.765. The maximum Gasteiger partial charge on any atom is 0.306 e. The quantitative estimate of drug-likeness (QED) is 0.449. The van der Waals surface area contributed by atoms with Gasteiger partial charge in [-0.1, -0.05) is 18.5 Å². The van der Waals surface area contributed by atoms with E-state index in [1.54, 1.807) is 6.92 Å². The van der Waals surface area contributed by atoms with Crippen LogP contribution < -0.4 is 4.74 Å². The molecule has 1 aromatic rings. The number of nitrogens with zero attached hydrogens (tertiary/aromatic N) is 1. The maximum atomic E-state index is 13.4. The number of halogens is 3. The van der Waals surface area contributed by atoms with Gasteiger partial charge in [0.2, 0.25) is 14.9 Å². The van der Waals surface area contributed by atoms with Crippen molar-refractivity contribution in [3.05, 3.63) is 33.1 Å². The third kappa shape index (κ3) is 5.10. The standard InChI is InChI=1S/C10H10Cl2FNO5S/c1-6(5-20(12,17)18)4-19-10-3-8(13)9(14(15)16)2-7(10)11/h2-3,6H,4-5H2,1H3. The van der Waals surface area contributed by atoms with E-state index in [1.165, 1.54) is 0 Å². The predicted octanol–water partition coefficient (Wildman–Crippen LogP) is 2.97. The normalized spacial score (nSPS) is 13.0. The van der Waals surface area contributed by atoms with E-state index >= 15 is 0 Å². The van der Waals surface area contributed by atoms with Crippen LogP contribution in [0.25, 0.3) is 0 Å². The molecule has 0 aliphatic heterocycles. The van der Waals surface area contributed by atoms with Crippen molar-refractivity contribution in [1.82, 2.24) is 0 Å². The van der Waals surface area contributed by atoms with Crippen LogP contribution in [0.2, 0.25) is 5.02 Å². The first-order valence-electron chi connectivity index (χ1n) is 5.28. The molecule has 0 spiro atoms. The van der Waals surface area contributed by atoms with E-state index in [-0.39, 0.29) is 23.1 Å². The first-order valence-corrected chi connectivity index (χ1v) is 8.14. The van der Waals surface area contributed by atoms with E-state index in [4.69, 9.17) is 27.0 Å². The Bertz CT molecular complexity index is 622. The highest BCUT2D eigenvalue weighted by molar-refractivity contribution is 8.13. The van der Waals surface area contributed by atoms with Crippen LogP contribution in [0.1, 0.15) is 6.92 Å². The van der Waals surface area contributed by atoms with Crippen molar-refractivity contribution in [2.24, 2.45) is 5.92 Å². The first-order chi connectivity index (χ1) is 9.10. The second-order valence-electron chi connectivity index (χ2n) is 4.11. The summed E-state index contributed by atoms with van der Waals surface area (Å²) in [6, 6.07) is 1.61. The van der Waals surface area contributed by atoms with Gasteiger partial charge in [0.25, 0.3) is 0 Å². The second kappa shape index (κ2) is 6.55. The Morgan fingerprint density at radius 1 is 1.50 bits per heavy atom. The molecular weight excluding hydrogens is 336 g/mol. The molecule has 1 atom stereocenters. The van der Waals surface area contributed by atoms with E-state index in [9.17, 15) is 22.9 Å². The molecule has 0 aliphatic carbocycles. The van der Waals surface area contributed by atoms with Crippen LogP contribution in [0.4, 0.5) is 10.1 Å². The van der Waals surface area contributed by atoms with Gasteiger partial charge in [-0.15, -0.1) is 0 Å². The number of hydrogen-bond acceptors (Lipinski definition) is 5. The zero-order valence-corrected chi connectivity index (χ0v) is 12.5. The van der Waals surface area contributed by atoms with Gasteiger partial charge in [0.1, 0.15) is 5.75 Å². The minimum Gasteiger partial charge on any atom is -0.492 e. The SMILES string of the molecule is CC(COc1cc(F)c([N+](=O)[O-])cc1Cl)CS(=O)(=O)Cl. The van der Waals surface area contributed by atoms with Crippen molar-refractivity contribution >= 4 is 37.0 Å². The molecule has 112 valence electrons. The molecule has 0 fully saturated rings. The number of rotatable bonds is 6. The van der Waals surface area contributed by atoms with Crippen LogP contribution in [-0.4, -0.2) is 25.7 Å². The fraction of sp³-hybridized carbons (Fsp3) is 0.400. The number of nitro benzene ring substituents is 1. The Morgan fingerprint density at radius 2 is 2.10 bits per heavy atom. The maximum absolute atomic E-state index is 13.4. The third-order valence-electron chi connectivity index (χ3n) is 2.20. The van der Waals surface area contributed by atoms with Gasteiger partial charge in [-0.25, -0.2) is 8.42 Å². The van der Waals surface area contributed by atoms with Crippen molar-refractivity contribution < 1.29 is 22.5 Å². The van der Waals surface area contributed by atoms with Crippen LogP contribution in [0.3, 0.4) is 0 Å². The van der Waals surface area contributed by atoms with Crippen molar-refractivity contribution in [1.29, 1.82) is 0 Å². The Hall–Kier alpha value is -1.12. The number of ether oxygens (including phenoxy) is 1. The Balaban J connectivity index is 2.79. The minimum atomic E-state index is -3.67. The van der Waals surface area contributed by atoms with E-state index < -0.39 is 31.4 Å². The van der Waals surface area contributed by atoms with Crippen LogP contribution in [0.5, 0.6) is 5.75 Å². The van der Waals surface area contributed by atoms with Gasteiger partial charge in [-0.2, -0.15) is 4.39 Å². The zero-order chi connectivity index (χ0) is 15.5. The van der Waals surface area contributed by atoms with E-state index in [1.807, 2.05) is 0 Å². The first kappa shape index (κ1) is 16.9. The number of nitro groups is 1. The smallest absolute Gasteiger partial charge is 0.306 e. The van der Waals surface area contributed by atoms with Crippen LogP contribution in [-0.2, 0) is 9.05 Å². The van der Waals surface area contributed by atoms with Gasteiger partial charge < -0.3 is 4.74 Å². The lowest BCUT2D eigenvalue weighted by atomic mass is 10.2. The van der Waals surface area contributed by atoms with E-state index in [2.05, 4.69) is 0 Å². The molecule has 1 unspecified atom stereocenters. The molecule has 0 radical (unpaired) electrons. The molecule has 10 heteroatoms. The molecule has 20 heavy (non-hydrogen) atoms. The molecule has 0 heterocycles. The third-order valence-corrected chi connectivity index (χ3v) is 3.85. The highest BCUT2D eigenvalue weighted by atomic mass is 35.7. The average Bonchev–Trinajstić information content (AvgIpc) is 2.27. The minimum absolute atomic E-state index is 0.0804. The van der Waals surface area contributed by atoms with Gasteiger partial charge in [0.05, 0.1) is 22.3 Å². The number of hydrogen-bond donors (Lipinski definition) is 0. The molecular formula is C10H10Cl2FNO5S. The molecule has 0 bridgehead atoms. The molecule has 0 saturated heterocycles. The van der Waals surface area contributed by atoms with Gasteiger partial charge in [-0.05, 0) is 0 Å². The molecule has 1 rings (SSSR count). The summed E-state index contributed by atoms with van der Waals surface area (Å²) < 4.78 is 40.2. The van der Waals surface area contributed by atoms with Crippen molar-refractivity contribution in [3.63, 3.8) is 0 Å². The monoisotopic (exact) mass is 345 g/mol. The Labute approximate surface area is 124 Å². The van der Waals surface area contributed by atoms with Crippen LogP contribution in [0, 0.1) is 21.8 Å². The fourth-order valence-corrected chi connectivity index (χ4v) is 3.02. The summed E-state index contributed by atoms with van der Waals surface area (Å²) in [6.45, 7) is 1.48. The summed E-state index contributed by atoms with van der Waals surface area (Å²) in [5, 5.41) is 10.4. The molecule has 6 nitrogen and oxygen atoms in total. The predicted molar refractivity (Wildman–Crippen MR) is 72.4 cm³/mol. The molecule has 0 aliphatic rings. The fourth-order valence-electron chi connectivity index (χ4n) is 1.39. The molecule has 0 N–H and O–H groups in total. The lowest BCUT2D eigenvalue weighted by Gasteiger charge is -2.12. The molecule has 0 saturated carbocycles. The van der Waals surface area contributed by atoms with Crippen molar-refractivity contribution in [2.75, 3.05) is 12.4 Å². The van der Waals surface area contributed by atoms with Gasteiger partial charge in [0.15, 0.2) is 0 Å². The summed E-state index contributed by atoms with van der Waals surface area (Å²) >= 11 is 5.72. The molecule has 0 aromatic heterocycles. The second-order valence-corrected chi connectivity index (χ2v) is 7.34. The average molecular weight is 346 g/mol. The number of benzene rings is 1. The largest absolute Gasteiger partial charge is 0.492 e. The van der Waals surface area contributed by atoms with Gasteiger partial charge >= 0.3 is 5.69 Å². The van der Waals surface area contributed by atoms with E-state index in [0.29, 0.717) is 0 Å². The zero-order valence-electron chi connectivity index (χ0n) is 10.2. The summed E-state index contributed by atoms with van der Waals surface area (Å²) in [5.74, 6) is -1.96.